The van der Waals surface area contributed by atoms with Gasteiger partial charge in [-0.15, -0.1) is 0 Å². The highest BCUT2D eigenvalue weighted by atomic mass is 32.2. The average molecular weight is 436 g/mol. The number of anilines is 2. The van der Waals surface area contributed by atoms with Gasteiger partial charge in [-0.3, -0.25) is 14.3 Å². The Balaban J connectivity index is 1.90. The molecule has 0 bridgehead atoms. The molecule has 3 aromatic rings. The van der Waals surface area contributed by atoms with Gasteiger partial charge in [0.1, 0.15) is 22.7 Å². The Bertz CT molecular complexity index is 1120. The van der Waals surface area contributed by atoms with Crippen LogP contribution < -0.4 is 10.1 Å². The molecule has 0 fully saturated rings. The summed E-state index contributed by atoms with van der Waals surface area (Å²) < 4.78 is 56.8. The summed E-state index contributed by atoms with van der Waals surface area (Å²) >= 11 is 0. The number of hydrogen-bond donors (Lipinski definition) is 1. The van der Waals surface area contributed by atoms with Crippen LogP contribution in [0.2, 0.25) is 0 Å². The van der Waals surface area contributed by atoms with Crippen molar-refractivity contribution >= 4 is 27.9 Å². The van der Waals surface area contributed by atoms with Crippen molar-refractivity contribution in [3.8, 4) is 11.5 Å². The van der Waals surface area contributed by atoms with Crippen LogP contribution in [0.5, 0.6) is 11.5 Å². The van der Waals surface area contributed by atoms with E-state index in [1.807, 2.05) is 0 Å². The van der Waals surface area contributed by atoms with Crippen LogP contribution in [0, 0.1) is 10.1 Å². The summed E-state index contributed by atoms with van der Waals surface area (Å²) in [5, 5.41) is 13.9. The van der Waals surface area contributed by atoms with Gasteiger partial charge >= 0.3 is 11.9 Å². The second kappa shape index (κ2) is 8.54. The van der Waals surface area contributed by atoms with Crippen molar-refractivity contribution in [2.24, 2.45) is 0 Å². The number of nitrogens with one attached hydrogen (secondary N) is 1. The fourth-order valence-electron chi connectivity index (χ4n) is 2.72. The number of nitrogens with zero attached hydrogens (tertiary/aromatic N) is 1. The van der Waals surface area contributed by atoms with Gasteiger partial charge in [-0.05, 0) is 42.5 Å². The molecule has 0 radical (unpaired) electrons. The number of rotatable bonds is 6. The van der Waals surface area contributed by atoms with E-state index in [1.54, 1.807) is 36.4 Å². The number of halogens is 3. The molecule has 3 aromatic carbocycles. The van der Waals surface area contributed by atoms with Gasteiger partial charge in [0.2, 0.25) is 0 Å². The number of benzene rings is 3. The summed E-state index contributed by atoms with van der Waals surface area (Å²) in [5.41, 5.74) is -2.40. The van der Waals surface area contributed by atoms with Gasteiger partial charge in [-0.2, -0.15) is 13.2 Å². The van der Waals surface area contributed by atoms with Crippen molar-refractivity contribution in [3.05, 3.63) is 82.4 Å². The highest BCUT2D eigenvalue weighted by Gasteiger charge is 2.39. The number of para-hydroxylation sites is 1. The zero-order valence-electron chi connectivity index (χ0n) is 15.5. The Morgan fingerprint density at radius 3 is 2.27 bits per heavy atom. The summed E-state index contributed by atoms with van der Waals surface area (Å²) in [7, 11) is -1.19. The van der Waals surface area contributed by atoms with Crippen molar-refractivity contribution in [3.63, 3.8) is 0 Å². The van der Waals surface area contributed by atoms with Crippen molar-refractivity contribution in [1.29, 1.82) is 0 Å². The van der Waals surface area contributed by atoms with E-state index in [1.165, 1.54) is 24.5 Å². The van der Waals surface area contributed by atoms with E-state index >= 15 is 0 Å². The fraction of sp³-hybridized carbons (Fsp3) is 0.100. The Morgan fingerprint density at radius 1 is 1.00 bits per heavy atom. The highest BCUT2D eigenvalue weighted by Crippen LogP contribution is 2.41. The molecule has 0 amide bonds. The van der Waals surface area contributed by atoms with Crippen molar-refractivity contribution < 1.29 is 27.0 Å². The third-order valence-electron chi connectivity index (χ3n) is 4.01. The Labute approximate surface area is 171 Å². The number of nitro groups is 1. The molecule has 156 valence electrons. The van der Waals surface area contributed by atoms with Gasteiger partial charge in [-0.1, -0.05) is 18.2 Å². The molecule has 6 nitrogen and oxygen atoms in total. The van der Waals surface area contributed by atoms with Gasteiger partial charge in [0, 0.05) is 33.7 Å². The first-order chi connectivity index (χ1) is 14.1. The molecule has 0 aliphatic heterocycles. The smallest absolute Gasteiger partial charge is 0.423 e. The maximum atomic E-state index is 13.1. The van der Waals surface area contributed by atoms with Crippen molar-refractivity contribution in [2.75, 3.05) is 11.6 Å². The minimum atomic E-state index is -4.87. The Hall–Kier alpha value is -3.40. The molecule has 10 heteroatoms. The Kier molecular flexibility index (Phi) is 6.06. The Morgan fingerprint density at radius 2 is 1.63 bits per heavy atom. The lowest BCUT2D eigenvalue weighted by molar-refractivity contribution is -0.387. The lowest BCUT2D eigenvalue weighted by Gasteiger charge is -2.13. The predicted molar refractivity (Wildman–Crippen MR) is 107 cm³/mol. The number of ether oxygens (including phenoxy) is 1. The monoisotopic (exact) mass is 436 g/mol. The first-order valence-electron chi connectivity index (χ1n) is 8.48. The largest absolute Gasteiger partial charge is 0.457 e. The van der Waals surface area contributed by atoms with Crippen LogP contribution in [-0.2, 0) is 17.0 Å². The zero-order chi connectivity index (χ0) is 21.9. The molecule has 30 heavy (non-hydrogen) atoms. The molecule has 0 aromatic heterocycles. The fourth-order valence-corrected chi connectivity index (χ4v) is 3.27. The van der Waals surface area contributed by atoms with E-state index in [-0.39, 0.29) is 5.69 Å². The quantitative estimate of drug-likeness (QED) is 0.385. The lowest BCUT2D eigenvalue weighted by Crippen LogP contribution is -2.10. The molecule has 0 aliphatic rings. The molecule has 0 aliphatic carbocycles. The zero-order valence-corrected chi connectivity index (χ0v) is 16.3. The number of hydrogen-bond acceptors (Lipinski definition) is 5. The van der Waals surface area contributed by atoms with Gasteiger partial charge in [0.15, 0.2) is 0 Å². The van der Waals surface area contributed by atoms with E-state index < -0.39 is 33.2 Å². The summed E-state index contributed by atoms with van der Waals surface area (Å²) in [6, 6.07) is 15.8. The topological polar surface area (TPSA) is 81.5 Å². The van der Waals surface area contributed by atoms with Gasteiger partial charge in [0.25, 0.3) is 0 Å². The maximum Gasteiger partial charge on any atom is 0.423 e. The molecular formula is C20H15F3N2O4S. The molecule has 1 atom stereocenters. The van der Waals surface area contributed by atoms with Crippen LogP contribution in [0.1, 0.15) is 5.56 Å². The molecule has 0 saturated carbocycles. The van der Waals surface area contributed by atoms with Gasteiger partial charge < -0.3 is 10.1 Å². The molecule has 0 heterocycles. The number of nitro benzene ring substituents is 1. The standard InChI is InChI=1S/C20H15F3N2O4S/c1-30(28)16-8-3-7-15(12-16)29-14-6-2-5-13(11-14)24-18-10-4-9-17(20(21,22)23)19(18)25(26)27/h2-12,24H,1H3. The average Bonchev–Trinajstić information content (AvgIpc) is 2.67. The SMILES string of the molecule is CS(=O)c1cccc(Oc2cccc(Nc3cccc(C(F)(F)F)c3[N+](=O)[O-])c2)c1. The molecule has 0 saturated heterocycles. The van der Waals surface area contributed by atoms with Gasteiger partial charge in [-0.25, -0.2) is 0 Å². The first-order valence-corrected chi connectivity index (χ1v) is 10.0. The summed E-state index contributed by atoms with van der Waals surface area (Å²) in [6.07, 6.45) is -3.33. The van der Waals surface area contributed by atoms with Crippen LogP contribution >= 0.6 is 0 Å². The number of alkyl halides is 3. The van der Waals surface area contributed by atoms with E-state index in [2.05, 4.69) is 5.32 Å². The van der Waals surface area contributed by atoms with Gasteiger partial charge in [0.05, 0.1) is 4.92 Å². The summed E-state index contributed by atoms with van der Waals surface area (Å²) in [4.78, 5) is 10.8. The van der Waals surface area contributed by atoms with Crippen LogP contribution in [-0.4, -0.2) is 15.4 Å². The van der Waals surface area contributed by atoms with E-state index in [4.69, 9.17) is 4.74 Å². The van der Waals surface area contributed by atoms with Crippen LogP contribution in [0.25, 0.3) is 0 Å². The second-order valence-electron chi connectivity index (χ2n) is 6.14. The third-order valence-corrected chi connectivity index (χ3v) is 4.93. The van der Waals surface area contributed by atoms with E-state index in [9.17, 15) is 27.5 Å². The maximum absolute atomic E-state index is 13.1. The van der Waals surface area contributed by atoms with E-state index in [0.717, 1.165) is 6.07 Å². The molecule has 0 spiro atoms. The minimum Gasteiger partial charge on any atom is -0.457 e. The van der Waals surface area contributed by atoms with Crippen LogP contribution in [0.3, 0.4) is 0 Å². The molecule has 3 rings (SSSR count). The normalized spacial score (nSPS) is 12.3. The van der Waals surface area contributed by atoms with Crippen LogP contribution in [0.15, 0.2) is 71.6 Å². The molecular weight excluding hydrogens is 421 g/mol. The van der Waals surface area contributed by atoms with Crippen molar-refractivity contribution in [1.82, 2.24) is 0 Å². The van der Waals surface area contributed by atoms with E-state index in [0.29, 0.717) is 28.1 Å². The lowest BCUT2D eigenvalue weighted by atomic mass is 10.1. The summed E-state index contributed by atoms with van der Waals surface area (Å²) in [5.74, 6) is 0.763. The minimum absolute atomic E-state index is 0.296. The van der Waals surface area contributed by atoms with Crippen molar-refractivity contribution in [2.45, 2.75) is 11.1 Å². The molecule has 1 N–H and O–H groups in total. The highest BCUT2D eigenvalue weighted by molar-refractivity contribution is 7.84. The first kappa shape index (κ1) is 21.3. The second-order valence-corrected chi connectivity index (χ2v) is 7.52. The molecule has 1 unspecified atom stereocenters. The summed E-state index contributed by atoms with van der Waals surface area (Å²) in [6.45, 7) is 0. The third kappa shape index (κ3) is 4.95. The van der Waals surface area contributed by atoms with Crippen LogP contribution in [0.4, 0.5) is 30.2 Å². The predicted octanol–water partition coefficient (Wildman–Crippen LogP) is 5.89.